The second-order valence-corrected chi connectivity index (χ2v) is 8.75. The van der Waals surface area contributed by atoms with Gasteiger partial charge in [0, 0.05) is 0 Å². The lowest BCUT2D eigenvalue weighted by Crippen LogP contribution is -3.12. The zero-order valence-corrected chi connectivity index (χ0v) is 15.1. The lowest BCUT2D eigenvalue weighted by atomic mass is 9.49. The average molecular weight is 342 g/mol. The normalized spacial score (nSPS) is 39.6. The molecule has 1 heterocycles. The molecule has 0 unspecified atom stereocenters. The van der Waals surface area contributed by atoms with E-state index in [1.807, 2.05) is 0 Å². The molecule has 0 spiro atoms. The molecule has 5 rings (SSSR count). The van der Waals surface area contributed by atoms with E-state index in [2.05, 4.69) is 0 Å². The number of ether oxygens (including phenoxy) is 1. The van der Waals surface area contributed by atoms with E-state index in [9.17, 15) is 4.79 Å². The third-order valence-corrected chi connectivity index (χ3v) is 6.97. The third kappa shape index (κ3) is 3.71. The van der Waals surface area contributed by atoms with Gasteiger partial charge < -0.3 is 22.0 Å². The summed E-state index contributed by atoms with van der Waals surface area (Å²) in [5, 5.41) is 0. The number of quaternary nitrogens is 1. The topological polar surface area (TPSA) is 30.7 Å². The Balaban J connectivity index is 0.00000156. The Hall–Kier alpha value is -0.280. The van der Waals surface area contributed by atoms with E-state index >= 15 is 0 Å². The molecule has 0 aromatic rings. The molecule has 0 aromatic heterocycles. The number of halogens is 1. The van der Waals surface area contributed by atoms with Crippen LogP contribution < -0.4 is 17.3 Å². The quantitative estimate of drug-likeness (QED) is 0.679. The van der Waals surface area contributed by atoms with Gasteiger partial charge in [0.1, 0.15) is 13.2 Å². The van der Waals surface area contributed by atoms with Crippen molar-refractivity contribution >= 4 is 5.97 Å². The largest absolute Gasteiger partial charge is 1.00 e. The van der Waals surface area contributed by atoms with Crippen LogP contribution >= 0.6 is 0 Å². The monoisotopic (exact) mass is 341 g/mol. The van der Waals surface area contributed by atoms with Crippen LogP contribution in [0.4, 0.5) is 0 Å². The van der Waals surface area contributed by atoms with E-state index in [-0.39, 0.29) is 23.8 Å². The highest BCUT2D eigenvalue weighted by Crippen LogP contribution is 2.60. The van der Waals surface area contributed by atoms with Crippen molar-refractivity contribution in [3.8, 4) is 0 Å². The SMILES string of the molecule is O=C(OCC[NH+]1CCCCCC1)C12CC3CC(CC(C3)C1)C2.[Cl-]. The summed E-state index contributed by atoms with van der Waals surface area (Å²) in [4.78, 5) is 14.4. The summed E-state index contributed by atoms with van der Waals surface area (Å²) in [6.07, 6.45) is 13.0. The van der Waals surface area contributed by atoms with Gasteiger partial charge in [0.2, 0.25) is 0 Å². The summed E-state index contributed by atoms with van der Waals surface area (Å²) in [6, 6.07) is 0. The minimum absolute atomic E-state index is 0. The molecule has 4 heteroatoms. The highest BCUT2D eigenvalue weighted by atomic mass is 35.5. The Kier molecular flexibility index (Phi) is 5.57. The number of carbonyl (C=O) groups excluding carboxylic acids is 1. The fourth-order valence-corrected chi connectivity index (χ4v) is 6.28. The smallest absolute Gasteiger partial charge is 0.312 e. The first kappa shape index (κ1) is 17.5. The first-order valence-corrected chi connectivity index (χ1v) is 9.74. The molecule has 1 aliphatic heterocycles. The van der Waals surface area contributed by atoms with Gasteiger partial charge in [-0.15, -0.1) is 0 Å². The predicted molar refractivity (Wildman–Crippen MR) is 85.6 cm³/mol. The summed E-state index contributed by atoms with van der Waals surface area (Å²) >= 11 is 0. The Morgan fingerprint density at radius 3 is 1.96 bits per heavy atom. The van der Waals surface area contributed by atoms with Crippen molar-refractivity contribution in [2.75, 3.05) is 26.2 Å². The molecule has 0 atom stereocenters. The maximum Gasteiger partial charge on any atom is 0.312 e. The van der Waals surface area contributed by atoms with Crippen LogP contribution in [-0.2, 0) is 9.53 Å². The van der Waals surface area contributed by atoms with Crippen molar-refractivity contribution in [2.45, 2.75) is 64.2 Å². The van der Waals surface area contributed by atoms with Gasteiger partial charge in [0.15, 0.2) is 0 Å². The molecule has 0 radical (unpaired) electrons. The fraction of sp³-hybridized carbons (Fsp3) is 0.947. The Labute approximate surface area is 146 Å². The zero-order valence-electron chi connectivity index (χ0n) is 14.3. The van der Waals surface area contributed by atoms with Gasteiger partial charge in [-0.25, -0.2) is 0 Å². The molecule has 4 aliphatic carbocycles. The first-order chi connectivity index (χ1) is 10.7. The van der Waals surface area contributed by atoms with Gasteiger partial charge in [0.05, 0.1) is 18.5 Å². The Morgan fingerprint density at radius 2 is 1.43 bits per heavy atom. The number of hydrogen-bond acceptors (Lipinski definition) is 2. The van der Waals surface area contributed by atoms with Gasteiger partial charge >= 0.3 is 5.97 Å². The van der Waals surface area contributed by atoms with Crippen LogP contribution in [0.1, 0.15) is 64.2 Å². The van der Waals surface area contributed by atoms with Crippen molar-refractivity contribution in [3.63, 3.8) is 0 Å². The highest BCUT2D eigenvalue weighted by molar-refractivity contribution is 5.77. The minimum Gasteiger partial charge on any atom is -1.00 e. The molecule has 23 heavy (non-hydrogen) atoms. The van der Waals surface area contributed by atoms with Crippen LogP contribution in [0.2, 0.25) is 0 Å². The van der Waals surface area contributed by atoms with E-state index in [4.69, 9.17) is 4.74 Å². The van der Waals surface area contributed by atoms with Crippen LogP contribution in [-0.4, -0.2) is 32.2 Å². The van der Waals surface area contributed by atoms with E-state index in [0.29, 0.717) is 6.61 Å². The molecule has 3 nitrogen and oxygen atoms in total. The van der Waals surface area contributed by atoms with Crippen LogP contribution in [0.15, 0.2) is 0 Å². The molecule has 0 amide bonds. The zero-order chi connectivity index (χ0) is 15.0. The summed E-state index contributed by atoms with van der Waals surface area (Å²) in [7, 11) is 0. The van der Waals surface area contributed by atoms with Crippen molar-refractivity contribution in [2.24, 2.45) is 23.2 Å². The van der Waals surface area contributed by atoms with Crippen molar-refractivity contribution in [1.29, 1.82) is 0 Å². The lowest BCUT2D eigenvalue weighted by molar-refractivity contribution is -0.899. The number of hydrogen-bond donors (Lipinski definition) is 1. The number of carbonyl (C=O) groups is 1. The standard InChI is InChI=1S/C19H31NO2.ClH/c21-18(22-8-7-20-5-3-1-2-4-6-20)19-12-15-9-16(13-19)11-17(10-15)14-19;/h15-17H,1-14H2;1H. The van der Waals surface area contributed by atoms with Crippen LogP contribution in [0.3, 0.4) is 0 Å². The maximum atomic E-state index is 12.8. The molecule has 1 saturated heterocycles. The van der Waals surface area contributed by atoms with Gasteiger partial charge in [-0.3, -0.25) is 4.79 Å². The Morgan fingerprint density at radius 1 is 0.913 bits per heavy atom. The van der Waals surface area contributed by atoms with E-state index < -0.39 is 0 Å². The van der Waals surface area contributed by atoms with Crippen LogP contribution in [0, 0.1) is 23.2 Å². The van der Waals surface area contributed by atoms with Gasteiger partial charge in [0.25, 0.3) is 0 Å². The van der Waals surface area contributed by atoms with Gasteiger partial charge in [-0.2, -0.15) is 0 Å². The number of likely N-dealkylation sites (tertiary alicyclic amines) is 1. The first-order valence-electron chi connectivity index (χ1n) is 9.74. The third-order valence-electron chi connectivity index (χ3n) is 6.97. The highest BCUT2D eigenvalue weighted by Gasteiger charge is 2.55. The molecule has 0 aromatic carbocycles. The van der Waals surface area contributed by atoms with Gasteiger partial charge in [-0.05, 0) is 82.0 Å². The second-order valence-electron chi connectivity index (χ2n) is 8.75. The Bertz CT molecular complexity index is 382. The average Bonchev–Trinajstić information content (AvgIpc) is 2.74. The molecule has 5 aliphatic rings. The number of nitrogens with one attached hydrogen (secondary N) is 1. The molecular formula is C19H32ClNO2. The minimum atomic E-state index is -0.0666. The maximum absolute atomic E-state index is 12.8. The van der Waals surface area contributed by atoms with Crippen molar-refractivity contribution in [3.05, 3.63) is 0 Å². The predicted octanol–water partition coefficient (Wildman–Crippen LogP) is -0.791. The van der Waals surface area contributed by atoms with E-state index in [1.54, 1.807) is 4.90 Å². The number of rotatable bonds is 4. The summed E-state index contributed by atoms with van der Waals surface area (Å²) in [5.41, 5.74) is -0.0666. The molecule has 4 bridgehead atoms. The van der Waals surface area contributed by atoms with Crippen LogP contribution in [0.25, 0.3) is 0 Å². The molecule has 4 saturated carbocycles. The summed E-state index contributed by atoms with van der Waals surface area (Å²) in [6.45, 7) is 4.22. The fourth-order valence-electron chi connectivity index (χ4n) is 6.28. The molecule has 5 fully saturated rings. The van der Waals surface area contributed by atoms with E-state index in [1.165, 1.54) is 58.0 Å². The number of esters is 1. The van der Waals surface area contributed by atoms with E-state index in [0.717, 1.165) is 43.6 Å². The molecule has 132 valence electrons. The summed E-state index contributed by atoms with van der Waals surface area (Å²) in [5.74, 6) is 2.65. The molecule has 1 N–H and O–H groups in total. The van der Waals surface area contributed by atoms with Gasteiger partial charge in [-0.1, -0.05) is 0 Å². The second kappa shape index (κ2) is 7.31. The van der Waals surface area contributed by atoms with Crippen molar-refractivity contribution < 1.29 is 26.8 Å². The van der Waals surface area contributed by atoms with Crippen LogP contribution in [0.5, 0.6) is 0 Å². The molecular weight excluding hydrogens is 310 g/mol. The summed E-state index contributed by atoms with van der Waals surface area (Å²) < 4.78 is 5.81. The lowest BCUT2D eigenvalue weighted by Gasteiger charge is -2.55. The van der Waals surface area contributed by atoms with Crippen molar-refractivity contribution in [1.82, 2.24) is 0 Å².